The lowest BCUT2D eigenvalue weighted by molar-refractivity contribution is 0.197. The maximum atomic E-state index is 5.45. The number of likely N-dealkylation sites (tertiary alicyclic amines) is 1. The molecule has 0 radical (unpaired) electrons. The average Bonchev–Trinajstić information content (AvgIpc) is 2.13. The van der Waals surface area contributed by atoms with Gasteiger partial charge in [-0.25, -0.2) is 0 Å². The minimum absolute atomic E-state index is 0.814. The van der Waals surface area contributed by atoms with Gasteiger partial charge in [0.1, 0.15) is 0 Å². The van der Waals surface area contributed by atoms with E-state index in [1.165, 1.54) is 25.9 Å². The molecule has 1 heterocycles. The summed E-state index contributed by atoms with van der Waals surface area (Å²) >= 11 is 0. The van der Waals surface area contributed by atoms with Gasteiger partial charge in [-0.1, -0.05) is 20.8 Å². The second kappa shape index (κ2) is 7.56. The van der Waals surface area contributed by atoms with Crippen LogP contribution in [0.15, 0.2) is 0 Å². The van der Waals surface area contributed by atoms with Gasteiger partial charge in [-0.3, -0.25) is 0 Å². The summed E-state index contributed by atoms with van der Waals surface area (Å²) in [5.41, 5.74) is 5.45. The molecule has 0 aromatic carbocycles. The van der Waals surface area contributed by atoms with Gasteiger partial charge in [-0.2, -0.15) is 0 Å². The van der Waals surface area contributed by atoms with E-state index in [0.717, 1.165) is 19.0 Å². The van der Waals surface area contributed by atoms with Crippen LogP contribution < -0.4 is 5.73 Å². The highest BCUT2D eigenvalue weighted by atomic mass is 15.1. The molecule has 74 valence electrons. The first-order valence-electron chi connectivity index (χ1n) is 5.25. The van der Waals surface area contributed by atoms with Crippen molar-refractivity contribution in [2.24, 2.45) is 11.7 Å². The molecular formula is C10H24N2. The van der Waals surface area contributed by atoms with Crippen LogP contribution >= 0.6 is 0 Å². The van der Waals surface area contributed by atoms with Crippen LogP contribution in [0.5, 0.6) is 0 Å². The molecule has 0 unspecified atom stereocenters. The maximum absolute atomic E-state index is 5.45. The van der Waals surface area contributed by atoms with Gasteiger partial charge in [-0.15, -0.1) is 0 Å². The largest absolute Gasteiger partial charge is 0.329 e. The molecule has 0 amide bonds. The number of hydrogen-bond donors (Lipinski definition) is 1. The second-order valence-electron chi connectivity index (χ2n) is 3.31. The molecule has 1 rings (SSSR count). The van der Waals surface area contributed by atoms with Crippen molar-refractivity contribution < 1.29 is 0 Å². The van der Waals surface area contributed by atoms with Crippen LogP contribution in [-0.4, -0.2) is 31.1 Å². The molecule has 0 saturated carbocycles. The quantitative estimate of drug-likeness (QED) is 0.687. The highest BCUT2D eigenvalue weighted by Gasteiger charge is 2.13. The van der Waals surface area contributed by atoms with Gasteiger partial charge in [-0.05, 0) is 31.8 Å². The Morgan fingerprint density at radius 1 is 1.25 bits per heavy atom. The summed E-state index contributed by atoms with van der Waals surface area (Å²) in [5, 5.41) is 0. The van der Waals surface area contributed by atoms with E-state index in [-0.39, 0.29) is 0 Å². The maximum Gasteiger partial charge on any atom is 0.0105 e. The Labute approximate surface area is 77.1 Å². The molecule has 2 N–H and O–H groups in total. The van der Waals surface area contributed by atoms with Crippen LogP contribution in [0.2, 0.25) is 0 Å². The summed E-state index contributed by atoms with van der Waals surface area (Å²) in [6.45, 7) is 10.8. The predicted octanol–water partition coefficient (Wildman–Crippen LogP) is 1.70. The standard InChI is InChI=1S/C8H18N2.C2H6/c1-8-2-5-10(6-3-8)7-4-9;1-2/h8H,2-7,9H2,1H3;1-2H3. The molecule has 0 spiro atoms. The van der Waals surface area contributed by atoms with Crippen LogP contribution in [0.1, 0.15) is 33.6 Å². The summed E-state index contributed by atoms with van der Waals surface area (Å²) in [4.78, 5) is 2.46. The van der Waals surface area contributed by atoms with Crippen LogP contribution in [0.4, 0.5) is 0 Å². The minimum Gasteiger partial charge on any atom is -0.329 e. The van der Waals surface area contributed by atoms with Gasteiger partial charge < -0.3 is 10.6 Å². The Kier molecular flexibility index (Phi) is 7.51. The molecule has 0 bridgehead atoms. The smallest absolute Gasteiger partial charge is 0.0105 e. The molecule has 12 heavy (non-hydrogen) atoms. The number of nitrogens with zero attached hydrogens (tertiary/aromatic N) is 1. The lowest BCUT2D eigenvalue weighted by Gasteiger charge is -2.29. The van der Waals surface area contributed by atoms with Crippen molar-refractivity contribution in [2.75, 3.05) is 26.2 Å². The van der Waals surface area contributed by atoms with E-state index >= 15 is 0 Å². The SMILES string of the molecule is CC.CC1CCN(CCN)CC1. The molecule has 1 fully saturated rings. The number of nitrogens with two attached hydrogens (primary N) is 1. The van der Waals surface area contributed by atoms with E-state index in [2.05, 4.69) is 11.8 Å². The Hall–Kier alpha value is -0.0800. The molecule has 1 aliphatic heterocycles. The lowest BCUT2D eigenvalue weighted by Crippen LogP contribution is -2.36. The normalized spacial score (nSPS) is 20.0. The van der Waals surface area contributed by atoms with Gasteiger partial charge in [0.15, 0.2) is 0 Å². The Morgan fingerprint density at radius 3 is 2.17 bits per heavy atom. The van der Waals surface area contributed by atoms with Crippen molar-refractivity contribution >= 4 is 0 Å². The third kappa shape index (κ3) is 4.73. The van der Waals surface area contributed by atoms with Crippen molar-refractivity contribution in [3.63, 3.8) is 0 Å². The summed E-state index contributed by atoms with van der Waals surface area (Å²) in [6.07, 6.45) is 2.72. The fourth-order valence-electron chi connectivity index (χ4n) is 1.47. The molecule has 0 aromatic heterocycles. The van der Waals surface area contributed by atoms with Crippen molar-refractivity contribution in [3.8, 4) is 0 Å². The molecule has 1 saturated heterocycles. The lowest BCUT2D eigenvalue weighted by atomic mass is 9.99. The van der Waals surface area contributed by atoms with Gasteiger partial charge >= 0.3 is 0 Å². The third-order valence-electron chi connectivity index (χ3n) is 2.32. The Balaban J connectivity index is 0.000000561. The molecule has 2 nitrogen and oxygen atoms in total. The van der Waals surface area contributed by atoms with Crippen molar-refractivity contribution in [1.29, 1.82) is 0 Å². The summed E-state index contributed by atoms with van der Waals surface area (Å²) in [5.74, 6) is 0.939. The van der Waals surface area contributed by atoms with E-state index < -0.39 is 0 Å². The van der Waals surface area contributed by atoms with Gasteiger partial charge in [0.05, 0.1) is 0 Å². The molecule has 0 aromatic rings. The number of piperidine rings is 1. The van der Waals surface area contributed by atoms with E-state index in [1.807, 2.05) is 13.8 Å². The third-order valence-corrected chi connectivity index (χ3v) is 2.32. The zero-order valence-corrected chi connectivity index (χ0v) is 8.84. The van der Waals surface area contributed by atoms with E-state index in [9.17, 15) is 0 Å². The highest BCUT2D eigenvalue weighted by molar-refractivity contribution is 4.68. The first-order valence-corrected chi connectivity index (χ1v) is 5.25. The summed E-state index contributed by atoms with van der Waals surface area (Å²) in [6, 6.07) is 0. The molecular weight excluding hydrogens is 148 g/mol. The molecule has 2 heteroatoms. The van der Waals surface area contributed by atoms with Crippen LogP contribution in [0.3, 0.4) is 0 Å². The van der Waals surface area contributed by atoms with Gasteiger partial charge in [0.2, 0.25) is 0 Å². The van der Waals surface area contributed by atoms with E-state index in [1.54, 1.807) is 0 Å². The van der Waals surface area contributed by atoms with Crippen LogP contribution in [0.25, 0.3) is 0 Å². The topological polar surface area (TPSA) is 29.3 Å². The van der Waals surface area contributed by atoms with Crippen LogP contribution in [-0.2, 0) is 0 Å². The van der Waals surface area contributed by atoms with Crippen molar-refractivity contribution in [3.05, 3.63) is 0 Å². The monoisotopic (exact) mass is 172 g/mol. The van der Waals surface area contributed by atoms with Gasteiger partial charge in [0, 0.05) is 13.1 Å². The van der Waals surface area contributed by atoms with Gasteiger partial charge in [0.25, 0.3) is 0 Å². The zero-order chi connectivity index (χ0) is 9.40. The fraction of sp³-hybridized carbons (Fsp3) is 1.00. The molecule has 0 atom stereocenters. The first-order chi connectivity index (χ1) is 5.83. The highest BCUT2D eigenvalue weighted by Crippen LogP contribution is 2.14. The zero-order valence-electron chi connectivity index (χ0n) is 8.84. The van der Waals surface area contributed by atoms with Crippen molar-refractivity contribution in [1.82, 2.24) is 4.90 Å². The molecule has 0 aliphatic carbocycles. The number of rotatable bonds is 2. The average molecular weight is 172 g/mol. The second-order valence-corrected chi connectivity index (χ2v) is 3.31. The minimum atomic E-state index is 0.814. The Morgan fingerprint density at radius 2 is 1.75 bits per heavy atom. The number of hydrogen-bond acceptors (Lipinski definition) is 2. The fourth-order valence-corrected chi connectivity index (χ4v) is 1.47. The summed E-state index contributed by atoms with van der Waals surface area (Å²) in [7, 11) is 0. The van der Waals surface area contributed by atoms with Crippen molar-refractivity contribution in [2.45, 2.75) is 33.6 Å². The first kappa shape index (κ1) is 11.9. The molecule has 1 aliphatic rings. The Bertz CT molecular complexity index is 85.8. The van der Waals surface area contributed by atoms with Crippen LogP contribution in [0, 0.1) is 5.92 Å². The van der Waals surface area contributed by atoms with E-state index in [0.29, 0.717) is 0 Å². The predicted molar refractivity (Wildman–Crippen MR) is 55.2 cm³/mol. The summed E-state index contributed by atoms with van der Waals surface area (Å²) < 4.78 is 0. The van der Waals surface area contributed by atoms with E-state index in [4.69, 9.17) is 5.73 Å².